The van der Waals surface area contributed by atoms with Crippen LogP contribution >= 0.6 is 0 Å². The Morgan fingerprint density at radius 1 is 1.33 bits per heavy atom. The molecule has 2 aliphatic carbocycles. The van der Waals surface area contributed by atoms with Gasteiger partial charge in [0.25, 0.3) is 0 Å². The summed E-state index contributed by atoms with van der Waals surface area (Å²) in [5.74, 6) is 0.201. The van der Waals surface area contributed by atoms with Crippen LogP contribution in [0.25, 0.3) is 0 Å². The molecule has 0 amide bonds. The van der Waals surface area contributed by atoms with Crippen molar-refractivity contribution in [3.63, 3.8) is 0 Å². The minimum absolute atomic E-state index is 0.201. The predicted molar refractivity (Wildman–Crippen MR) is 71.0 cm³/mol. The van der Waals surface area contributed by atoms with E-state index >= 15 is 0 Å². The van der Waals surface area contributed by atoms with Gasteiger partial charge in [-0.15, -0.1) is 0 Å². The van der Waals surface area contributed by atoms with Crippen LogP contribution in [0, 0.1) is 0 Å². The molecule has 2 fully saturated rings. The van der Waals surface area contributed by atoms with Gasteiger partial charge in [0.15, 0.2) is 0 Å². The Balaban J connectivity index is 1.62. The molecule has 5 nitrogen and oxygen atoms in total. The lowest BCUT2D eigenvalue weighted by Crippen LogP contribution is -2.49. The third-order valence-corrected chi connectivity index (χ3v) is 5.32. The van der Waals surface area contributed by atoms with Crippen molar-refractivity contribution in [3.8, 4) is 0 Å². The Kier molecular flexibility index (Phi) is 4.64. The monoisotopic (exact) mass is 276 g/mol. The van der Waals surface area contributed by atoms with Crippen LogP contribution < -0.4 is 10.0 Å². The Morgan fingerprint density at radius 3 is 2.56 bits per heavy atom. The highest BCUT2D eigenvalue weighted by atomic mass is 32.2. The summed E-state index contributed by atoms with van der Waals surface area (Å²) < 4.78 is 31.7. The molecule has 0 spiro atoms. The van der Waals surface area contributed by atoms with Gasteiger partial charge in [-0.3, -0.25) is 0 Å². The average molecular weight is 276 g/mol. The van der Waals surface area contributed by atoms with E-state index in [4.69, 9.17) is 4.74 Å². The fourth-order valence-corrected chi connectivity index (χ4v) is 3.35. The lowest BCUT2D eigenvalue weighted by atomic mass is 9.80. The van der Waals surface area contributed by atoms with Gasteiger partial charge in [0.2, 0.25) is 10.0 Å². The number of methoxy groups -OCH3 is 1. The van der Waals surface area contributed by atoms with Crippen molar-refractivity contribution >= 4 is 10.0 Å². The van der Waals surface area contributed by atoms with Gasteiger partial charge < -0.3 is 10.1 Å². The van der Waals surface area contributed by atoms with Crippen molar-refractivity contribution in [1.82, 2.24) is 10.0 Å². The highest BCUT2D eigenvalue weighted by Gasteiger charge is 2.37. The van der Waals surface area contributed by atoms with Gasteiger partial charge in [0.1, 0.15) is 0 Å². The fourth-order valence-electron chi connectivity index (χ4n) is 2.19. The Labute approximate surface area is 110 Å². The van der Waals surface area contributed by atoms with Gasteiger partial charge in [-0.05, 0) is 45.1 Å². The number of sulfonamides is 1. The summed E-state index contributed by atoms with van der Waals surface area (Å²) >= 11 is 0. The summed E-state index contributed by atoms with van der Waals surface area (Å²) in [5.41, 5.74) is -0.237. The Morgan fingerprint density at radius 2 is 2.06 bits per heavy atom. The molecular formula is C12H24N2O3S. The van der Waals surface area contributed by atoms with E-state index in [2.05, 4.69) is 10.0 Å². The maximum absolute atomic E-state index is 11.8. The molecule has 0 heterocycles. The Hall–Kier alpha value is -0.170. The number of nitrogens with one attached hydrogen (secondary N) is 2. The number of hydrogen-bond donors (Lipinski definition) is 2. The maximum Gasteiger partial charge on any atom is 0.211 e. The van der Waals surface area contributed by atoms with Gasteiger partial charge in [-0.2, -0.15) is 0 Å². The van der Waals surface area contributed by atoms with Crippen LogP contribution in [0.3, 0.4) is 0 Å². The molecule has 0 aromatic rings. The van der Waals surface area contributed by atoms with E-state index in [1.807, 2.05) is 0 Å². The highest BCUT2D eigenvalue weighted by molar-refractivity contribution is 7.89. The summed E-state index contributed by atoms with van der Waals surface area (Å²) in [6.45, 7) is 1.21. The summed E-state index contributed by atoms with van der Waals surface area (Å²) in [6, 6.07) is 0.646. The molecular weight excluding hydrogens is 252 g/mol. The Bertz CT molecular complexity index is 356. The van der Waals surface area contributed by atoms with Crippen molar-refractivity contribution in [3.05, 3.63) is 0 Å². The first-order valence-corrected chi connectivity index (χ1v) is 8.46. The maximum atomic E-state index is 11.8. The largest absolute Gasteiger partial charge is 0.377 e. The predicted octanol–water partition coefficient (Wildman–Crippen LogP) is 0.617. The molecule has 2 saturated carbocycles. The quantitative estimate of drug-likeness (QED) is 0.606. The van der Waals surface area contributed by atoms with E-state index < -0.39 is 10.0 Å². The average Bonchev–Trinajstić information content (AvgIpc) is 3.07. The molecule has 0 aromatic carbocycles. The topological polar surface area (TPSA) is 67.4 Å². The summed E-state index contributed by atoms with van der Waals surface area (Å²) in [4.78, 5) is 0. The molecule has 18 heavy (non-hydrogen) atoms. The first kappa shape index (κ1) is 14.2. The van der Waals surface area contributed by atoms with Gasteiger partial charge in [-0.1, -0.05) is 0 Å². The van der Waals surface area contributed by atoms with Crippen LogP contribution in [-0.4, -0.2) is 46.0 Å². The van der Waals surface area contributed by atoms with Crippen LogP contribution in [0.1, 0.15) is 38.5 Å². The van der Waals surface area contributed by atoms with Crippen LogP contribution in [0.4, 0.5) is 0 Å². The fraction of sp³-hybridized carbons (Fsp3) is 1.00. The molecule has 2 rings (SSSR count). The normalized spacial score (nSPS) is 22.7. The minimum Gasteiger partial charge on any atom is -0.377 e. The molecule has 0 aromatic heterocycles. The first-order chi connectivity index (χ1) is 8.55. The van der Waals surface area contributed by atoms with E-state index in [1.165, 1.54) is 12.8 Å². The summed E-state index contributed by atoms with van der Waals surface area (Å²) in [5, 5.41) is 3.32. The van der Waals surface area contributed by atoms with E-state index in [9.17, 15) is 8.42 Å². The third kappa shape index (κ3) is 4.19. The SMILES string of the molecule is COC1(CNS(=O)(=O)CCCNC2CC2)CCC1. The van der Waals surface area contributed by atoms with E-state index in [0.29, 0.717) is 19.0 Å². The first-order valence-electron chi connectivity index (χ1n) is 6.81. The summed E-state index contributed by atoms with van der Waals surface area (Å²) in [7, 11) is -1.49. The lowest BCUT2D eigenvalue weighted by Gasteiger charge is -2.40. The smallest absolute Gasteiger partial charge is 0.211 e. The van der Waals surface area contributed by atoms with E-state index in [1.54, 1.807) is 7.11 Å². The van der Waals surface area contributed by atoms with Crippen molar-refractivity contribution in [2.75, 3.05) is 26.0 Å². The zero-order valence-corrected chi connectivity index (χ0v) is 11.9. The molecule has 0 atom stereocenters. The third-order valence-electron chi connectivity index (χ3n) is 3.91. The molecule has 6 heteroatoms. The standard InChI is InChI=1S/C12H24N2O3S/c1-17-12(6-2-7-12)10-14-18(15,16)9-3-8-13-11-4-5-11/h11,13-14H,2-10H2,1H3. The minimum atomic E-state index is -3.15. The van der Waals surface area contributed by atoms with Crippen LogP contribution in [0.5, 0.6) is 0 Å². The van der Waals surface area contributed by atoms with Crippen LogP contribution in [0.15, 0.2) is 0 Å². The van der Waals surface area contributed by atoms with Gasteiger partial charge >= 0.3 is 0 Å². The molecule has 2 N–H and O–H groups in total. The van der Waals surface area contributed by atoms with Gasteiger partial charge in [-0.25, -0.2) is 13.1 Å². The van der Waals surface area contributed by atoms with E-state index in [0.717, 1.165) is 25.8 Å². The second kappa shape index (κ2) is 5.86. The number of rotatable bonds is 9. The number of ether oxygens (including phenoxy) is 1. The van der Waals surface area contributed by atoms with Crippen molar-refractivity contribution in [2.45, 2.75) is 50.2 Å². The van der Waals surface area contributed by atoms with Crippen molar-refractivity contribution in [2.24, 2.45) is 0 Å². The molecule has 0 saturated heterocycles. The van der Waals surface area contributed by atoms with E-state index in [-0.39, 0.29) is 11.4 Å². The molecule has 0 aliphatic heterocycles. The zero-order chi connectivity index (χ0) is 13.1. The second-order valence-electron chi connectivity index (χ2n) is 5.46. The highest BCUT2D eigenvalue weighted by Crippen LogP contribution is 2.34. The number of hydrogen-bond acceptors (Lipinski definition) is 4. The summed E-state index contributed by atoms with van der Waals surface area (Å²) in [6.07, 6.45) is 6.18. The van der Waals surface area contributed by atoms with Crippen LogP contribution in [-0.2, 0) is 14.8 Å². The van der Waals surface area contributed by atoms with Gasteiger partial charge in [0.05, 0.1) is 11.4 Å². The second-order valence-corrected chi connectivity index (χ2v) is 7.39. The molecule has 0 radical (unpaired) electrons. The lowest BCUT2D eigenvalue weighted by molar-refractivity contribution is -0.0659. The van der Waals surface area contributed by atoms with Gasteiger partial charge in [0, 0.05) is 19.7 Å². The molecule has 2 aliphatic rings. The van der Waals surface area contributed by atoms with Crippen molar-refractivity contribution in [1.29, 1.82) is 0 Å². The van der Waals surface area contributed by atoms with Crippen molar-refractivity contribution < 1.29 is 13.2 Å². The molecule has 106 valence electrons. The van der Waals surface area contributed by atoms with Crippen LogP contribution in [0.2, 0.25) is 0 Å². The zero-order valence-electron chi connectivity index (χ0n) is 11.1. The molecule has 0 unspecified atom stereocenters. The molecule has 0 bridgehead atoms.